The Morgan fingerprint density at radius 2 is 1.74 bits per heavy atom. The van der Waals surface area contributed by atoms with Crippen LogP contribution >= 0.6 is 11.6 Å². The Balaban J connectivity index is 1.55. The minimum Gasteiger partial charge on any atom is -0.493 e. The van der Waals surface area contributed by atoms with Crippen molar-refractivity contribution in [3.05, 3.63) is 94.0 Å². The molecule has 3 rings (SSSR count). The first-order chi connectivity index (χ1) is 16.4. The van der Waals surface area contributed by atoms with Crippen molar-refractivity contribution in [2.75, 3.05) is 13.7 Å². The van der Waals surface area contributed by atoms with Gasteiger partial charge in [0, 0.05) is 5.56 Å². The van der Waals surface area contributed by atoms with Crippen LogP contribution in [0.25, 0.3) is 0 Å². The minimum atomic E-state index is -0.620. The Labute approximate surface area is 201 Å². The Kier molecular flexibility index (Phi) is 8.37. The monoisotopic (exact) mass is 479 g/mol. The molecule has 2 amide bonds. The molecule has 0 aliphatic rings. The molecule has 34 heavy (non-hydrogen) atoms. The van der Waals surface area contributed by atoms with Gasteiger partial charge >= 0.3 is 5.97 Å². The number of carbonyl (C=O) groups excluding carboxylic acids is 3. The van der Waals surface area contributed by atoms with E-state index < -0.39 is 11.9 Å². The Morgan fingerprint density at radius 3 is 2.44 bits per heavy atom. The van der Waals surface area contributed by atoms with Crippen molar-refractivity contribution >= 4 is 35.6 Å². The molecule has 0 aromatic heterocycles. The van der Waals surface area contributed by atoms with Crippen LogP contribution in [0, 0.1) is 6.92 Å². The van der Waals surface area contributed by atoms with Crippen LogP contribution in [0.1, 0.15) is 31.8 Å². The lowest BCUT2D eigenvalue weighted by Gasteiger charge is -2.10. The van der Waals surface area contributed by atoms with E-state index in [1.165, 1.54) is 13.3 Å². The van der Waals surface area contributed by atoms with E-state index in [2.05, 4.69) is 15.8 Å². The topological polar surface area (TPSA) is 106 Å². The lowest BCUT2D eigenvalue weighted by Crippen LogP contribution is -2.34. The summed E-state index contributed by atoms with van der Waals surface area (Å²) in [5.74, 6) is -0.974. The second-order valence-electron chi connectivity index (χ2n) is 7.12. The van der Waals surface area contributed by atoms with Crippen LogP contribution in [0.15, 0.2) is 71.8 Å². The van der Waals surface area contributed by atoms with E-state index in [1.807, 2.05) is 19.1 Å². The maximum atomic E-state index is 12.4. The number of nitrogens with one attached hydrogen (secondary N) is 2. The molecule has 0 radical (unpaired) electrons. The zero-order valence-electron chi connectivity index (χ0n) is 18.5. The number of carbonyl (C=O) groups is 3. The SMILES string of the molecule is COc1cc(/C=N\NC(=O)CNC(=O)c2ccc(C)cc2)ccc1OC(=O)c1ccccc1Cl. The van der Waals surface area contributed by atoms with Gasteiger partial charge in [-0.25, -0.2) is 10.2 Å². The van der Waals surface area contributed by atoms with Crippen LogP contribution in [0.3, 0.4) is 0 Å². The molecule has 0 saturated heterocycles. The van der Waals surface area contributed by atoms with Gasteiger partial charge in [0.05, 0.1) is 30.5 Å². The van der Waals surface area contributed by atoms with Gasteiger partial charge in [0.25, 0.3) is 11.8 Å². The number of ether oxygens (including phenoxy) is 2. The summed E-state index contributed by atoms with van der Waals surface area (Å²) in [7, 11) is 1.43. The third-order valence-electron chi connectivity index (χ3n) is 4.61. The van der Waals surface area contributed by atoms with Crippen molar-refractivity contribution < 1.29 is 23.9 Å². The number of methoxy groups -OCH3 is 1. The van der Waals surface area contributed by atoms with E-state index in [4.69, 9.17) is 21.1 Å². The number of aryl methyl sites for hydroxylation is 1. The highest BCUT2D eigenvalue weighted by molar-refractivity contribution is 6.33. The van der Waals surface area contributed by atoms with Crippen molar-refractivity contribution in [3.63, 3.8) is 0 Å². The van der Waals surface area contributed by atoms with Gasteiger partial charge in [-0.2, -0.15) is 5.10 Å². The summed E-state index contributed by atoms with van der Waals surface area (Å²) in [6.45, 7) is 1.69. The zero-order valence-corrected chi connectivity index (χ0v) is 19.3. The molecule has 0 heterocycles. The Morgan fingerprint density at radius 1 is 1.00 bits per heavy atom. The van der Waals surface area contributed by atoms with E-state index >= 15 is 0 Å². The van der Waals surface area contributed by atoms with E-state index in [1.54, 1.807) is 54.6 Å². The van der Waals surface area contributed by atoms with Crippen molar-refractivity contribution in [2.45, 2.75) is 6.92 Å². The number of hydrazone groups is 1. The predicted molar refractivity (Wildman–Crippen MR) is 129 cm³/mol. The third-order valence-corrected chi connectivity index (χ3v) is 4.94. The molecule has 0 saturated carbocycles. The molecular formula is C25H22ClN3O5. The van der Waals surface area contributed by atoms with Gasteiger partial charge in [-0.05, 0) is 55.0 Å². The predicted octanol–water partition coefficient (Wildman–Crippen LogP) is 3.76. The summed E-state index contributed by atoms with van der Waals surface area (Å²) in [5.41, 5.74) is 4.64. The van der Waals surface area contributed by atoms with Crippen molar-refractivity contribution in [3.8, 4) is 11.5 Å². The summed E-state index contributed by atoms with van der Waals surface area (Å²) in [6, 6.07) is 18.3. The van der Waals surface area contributed by atoms with Gasteiger partial charge in [0.1, 0.15) is 0 Å². The molecule has 3 aromatic carbocycles. The molecule has 8 nitrogen and oxygen atoms in total. The molecule has 3 aromatic rings. The normalized spacial score (nSPS) is 10.6. The van der Waals surface area contributed by atoms with E-state index in [0.717, 1.165) is 5.56 Å². The minimum absolute atomic E-state index is 0.201. The van der Waals surface area contributed by atoms with Gasteiger partial charge in [-0.3, -0.25) is 9.59 Å². The molecule has 0 spiro atoms. The van der Waals surface area contributed by atoms with Crippen molar-refractivity contribution in [2.24, 2.45) is 5.10 Å². The van der Waals surface area contributed by atoms with Gasteiger partial charge in [0.15, 0.2) is 11.5 Å². The van der Waals surface area contributed by atoms with Crippen LogP contribution in [0.2, 0.25) is 5.02 Å². The first-order valence-electron chi connectivity index (χ1n) is 10.2. The van der Waals surface area contributed by atoms with E-state index in [9.17, 15) is 14.4 Å². The van der Waals surface area contributed by atoms with Crippen LogP contribution in [-0.2, 0) is 4.79 Å². The highest BCUT2D eigenvalue weighted by Crippen LogP contribution is 2.29. The van der Waals surface area contributed by atoms with Gasteiger partial charge < -0.3 is 14.8 Å². The number of halogens is 1. The first-order valence-corrected chi connectivity index (χ1v) is 10.6. The largest absolute Gasteiger partial charge is 0.493 e. The number of hydrogen-bond acceptors (Lipinski definition) is 6. The summed E-state index contributed by atoms with van der Waals surface area (Å²) in [6.07, 6.45) is 1.39. The molecule has 0 atom stereocenters. The molecule has 2 N–H and O–H groups in total. The fourth-order valence-corrected chi connectivity index (χ4v) is 3.03. The fourth-order valence-electron chi connectivity index (χ4n) is 2.82. The summed E-state index contributed by atoms with van der Waals surface area (Å²) in [4.78, 5) is 36.4. The van der Waals surface area contributed by atoms with Crippen LogP contribution in [-0.4, -0.2) is 37.7 Å². The number of amides is 2. The Hall–Kier alpha value is -4.17. The summed E-state index contributed by atoms with van der Waals surface area (Å²) in [5, 5.41) is 6.68. The maximum absolute atomic E-state index is 12.4. The number of nitrogens with zero attached hydrogens (tertiary/aromatic N) is 1. The molecule has 0 fully saturated rings. The molecule has 0 unspecified atom stereocenters. The first kappa shape index (κ1) is 24.5. The summed E-state index contributed by atoms with van der Waals surface area (Å²) < 4.78 is 10.7. The number of hydrogen-bond donors (Lipinski definition) is 2. The number of rotatable bonds is 8. The second-order valence-corrected chi connectivity index (χ2v) is 7.53. The molecule has 0 aliphatic heterocycles. The van der Waals surface area contributed by atoms with Crippen molar-refractivity contribution in [1.29, 1.82) is 0 Å². The average Bonchev–Trinajstić information content (AvgIpc) is 2.84. The maximum Gasteiger partial charge on any atom is 0.345 e. The quantitative estimate of drug-likeness (QED) is 0.221. The fraction of sp³-hybridized carbons (Fsp3) is 0.120. The van der Waals surface area contributed by atoms with E-state index in [-0.39, 0.29) is 28.8 Å². The van der Waals surface area contributed by atoms with Crippen LogP contribution < -0.4 is 20.2 Å². The molecule has 0 aliphatic carbocycles. The zero-order chi connectivity index (χ0) is 24.5. The smallest absolute Gasteiger partial charge is 0.345 e. The van der Waals surface area contributed by atoms with Gasteiger partial charge in [-0.15, -0.1) is 0 Å². The van der Waals surface area contributed by atoms with Crippen molar-refractivity contribution in [1.82, 2.24) is 10.7 Å². The van der Waals surface area contributed by atoms with Gasteiger partial charge in [-0.1, -0.05) is 41.4 Å². The van der Waals surface area contributed by atoms with Crippen LogP contribution in [0.4, 0.5) is 0 Å². The second kappa shape index (κ2) is 11.6. The lowest BCUT2D eigenvalue weighted by molar-refractivity contribution is -0.120. The average molecular weight is 480 g/mol. The molecular weight excluding hydrogens is 458 g/mol. The van der Waals surface area contributed by atoms with Gasteiger partial charge in [0.2, 0.25) is 0 Å². The van der Waals surface area contributed by atoms with Crippen LogP contribution in [0.5, 0.6) is 11.5 Å². The molecule has 9 heteroatoms. The number of benzene rings is 3. The summed E-state index contributed by atoms with van der Waals surface area (Å²) >= 11 is 6.04. The van der Waals surface area contributed by atoms with E-state index in [0.29, 0.717) is 16.9 Å². The third kappa shape index (κ3) is 6.66. The molecule has 0 bridgehead atoms. The highest BCUT2D eigenvalue weighted by atomic mass is 35.5. The lowest BCUT2D eigenvalue weighted by atomic mass is 10.1. The highest BCUT2D eigenvalue weighted by Gasteiger charge is 2.15. The standard InChI is InChI=1S/C25H22ClN3O5/c1-16-7-10-18(11-8-16)24(31)27-15-23(30)29-28-14-17-9-12-21(22(13-17)33-2)34-25(32)19-5-3-4-6-20(19)26/h3-14H,15H2,1-2H3,(H,27,31)(H,29,30)/b28-14-. The number of esters is 1. The Bertz CT molecular complexity index is 1230. The molecule has 174 valence electrons.